The van der Waals surface area contributed by atoms with Gasteiger partial charge in [-0.3, -0.25) is 4.79 Å². The molecule has 1 saturated heterocycles. The van der Waals surface area contributed by atoms with Crippen molar-refractivity contribution in [2.45, 2.75) is 25.4 Å². The summed E-state index contributed by atoms with van der Waals surface area (Å²) in [5.41, 5.74) is -1.07. The standard InChI is InChI=1S/C12H12F2O2/c1-12(5-2-6-16-12)11(15)9-4-3-8(13)7-10(9)14/h3-4,7H,2,5-6H2,1H3. The van der Waals surface area contributed by atoms with E-state index in [0.717, 1.165) is 12.5 Å². The lowest BCUT2D eigenvalue weighted by atomic mass is 9.92. The summed E-state index contributed by atoms with van der Waals surface area (Å²) in [6, 6.07) is 2.96. The number of Topliss-reactive ketones (excluding diaryl/α,β-unsaturated/α-hetero) is 1. The van der Waals surface area contributed by atoms with Gasteiger partial charge in [0.15, 0.2) is 5.78 Å². The van der Waals surface area contributed by atoms with Crippen LogP contribution in [0.25, 0.3) is 0 Å². The number of carbonyl (C=O) groups excluding carboxylic acids is 1. The van der Waals surface area contributed by atoms with Crippen molar-refractivity contribution in [1.82, 2.24) is 0 Å². The molecule has 1 unspecified atom stereocenters. The quantitative estimate of drug-likeness (QED) is 0.725. The highest BCUT2D eigenvalue weighted by atomic mass is 19.1. The molecule has 0 aromatic heterocycles. The third-order valence-electron chi connectivity index (χ3n) is 2.87. The van der Waals surface area contributed by atoms with Gasteiger partial charge < -0.3 is 4.74 Å². The minimum atomic E-state index is -0.960. The van der Waals surface area contributed by atoms with Crippen LogP contribution in [0.1, 0.15) is 30.1 Å². The molecule has 0 spiro atoms. The van der Waals surface area contributed by atoms with Crippen LogP contribution < -0.4 is 0 Å². The monoisotopic (exact) mass is 226 g/mol. The zero-order chi connectivity index (χ0) is 11.8. The van der Waals surface area contributed by atoms with E-state index in [0.29, 0.717) is 19.1 Å². The number of hydrogen-bond donors (Lipinski definition) is 0. The highest BCUT2D eigenvalue weighted by Gasteiger charge is 2.39. The lowest BCUT2D eigenvalue weighted by Gasteiger charge is -2.21. The highest BCUT2D eigenvalue weighted by Crippen LogP contribution is 2.29. The van der Waals surface area contributed by atoms with E-state index in [4.69, 9.17) is 4.74 Å². The zero-order valence-corrected chi connectivity index (χ0v) is 8.93. The van der Waals surface area contributed by atoms with Gasteiger partial charge in [0.2, 0.25) is 0 Å². The average Bonchev–Trinajstić information content (AvgIpc) is 2.66. The molecule has 4 heteroatoms. The van der Waals surface area contributed by atoms with Crippen molar-refractivity contribution < 1.29 is 18.3 Å². The lowest BCUT2D eigenvalue weighted by Crippen LogP contribution is -2.34. The number of rotatable bonds is 2. The first-order valence-corrected chi connectivity index (χ1v) is 5.17. The Balaban J connectivity index is 2.33. The van der Waals surface area contributed by atoms with Crippen molar-refractivity contribution in [1.29, 1.82) is 0 Å². The number of benzene rings is 1. The fraction of sp³-hybridized carbons (Fsp3) is 0.417. The summed E-state index contributed by atoms with van der Waals surface area (Å²) in [5, 5.41) is 0. The topological polar surface area (TPSA) is 26.3 Å². The molecule has 0 amide bonds. The first-order chi connectivity index (χ1) is 7.53. The molecule has 1 atom stereocenters. The fourth-order valence-corrected chi connectivity index (χ4v) is 1.92. The van der Waals surface area contributed by atoms with Crippen molar-refractivity contribution in [3.05, 3.63) is 35.4 Å². The van der Waals surface area contributed by atoms with Crippen LogP contribution in [-0.2, 0) is 4.74 Å². The molecule has 1 fully saturated rings. The van der Waals surface area contributed by atoms with Crippen LogP contribution in [-0.4, -0.2) is 18.0 Å². The molecule has 0 radical (unpaired) electrons. The Kier molecular flexibility index (Phi) is 2.76. The molecule has 2 rings (SSSR count). The van der Waals surface area contributed by atoms with Gasteiger partial charge in [0, 0.05) is 12.7 Å². The van der Waals surface area contributed by atoms with Crippen LogP contribution in [0.4, 0.5) is 8.78 Å². The summed E-state index contributed by atoms with van der Waals surface area (Å²) in [6.07, 6.45) is 1.35. The van der Waals surface area contributed by atoms with Crippen LogP contribution in [0.3, 0.4) is 0 Å². The van der Waals surface area contributed by atoms with Gasteiger partial charge in [-0.1, -0.05) is 0 Å². The number of ketones is 1. The van der Waals surface area contributed by atoms with Gasteiger partial charge in [-0.05, 0) is 31.9 Å². The predicted molar refractivity (Wildman–Crippen MR) is 54.3 cm³/mol. The van der Waals surface area contributed by atoms with E-state index < -0.39 is 23.0 Å². The molecule has 0 aliphatic carbocycles. The molecule has 1 aromatic carbocycles. The van der Waals surface area contributed by atoms with Crippen molar-refractivity contribution >= 4 is 5.78 Å². The smallest absolute Gasteiger partial charge is 0.197 e. The Morgan fingerprint density at radius 3 is 2.75 bits per heavy atom. The summed E-state index contributed by atoms with van der Waals surface area (Å²) < 4.78 is 31.4. The number of halogens is 2. The molecular weight excluding hydrogens is 214 g/mol. The number of carbonyl (C=O) groups is 1. The van der Waals surface area contributed by atoms with Crippen LogP contribution in [0.5, 0.6) is 0 Å². The van der Waals surface area contributed by atoms with Gasteiger partial charge in [0.05, 0.1) is 5.56 Å². The van der Waals surface area contributed by atoms with Crippen molar-refractivity contribution in [3.8, 4) is 0 Å². The van der Waals surface area contributed by atoms with Crippen molar-refractivity contribution in [3.63, 3.8) is 0 Å². The van der Waals surface area contributed by atoms with E-state index >= 15 is 0 Å². The Hall–Kier alpha value is -1.29. The predicted octanol–water partition coefficient (Wildman–Crippen LogP) is 2.72. The maximum Gasteiger partial charge on any atom is 0.197 e. The largest absolute Gasteiger partial charge is 0.367 e. The summed E-state index contributed by atoms with van der Waals surface area (Å²) in [7, 11) is 0. The molecule has 1 aliphatic heterocycles. The first kappa shape index (κ1) is 11.2. The molecule has 1 aromatic rings. The van der Waals surface area contributed by atoms with Crippen LogP contribution in [0, 0.1) is 11.6 Å². The van der Waals surface area contributed by atoms with Crippen LogP contribution in [0.2, 0.25) is 0 Å². The molecule has 16 heavy (non-hydrogen) atoms. The van der Waals surface area contributed by atoms with Gasteiger partial charge in [-0.15, -0.1) is 0 Å². The maximum absolute atomic E-state index is 13.4. The van der Waals surface area contributed by atoms with E-state index in [-0.39, 0.29) is 5.56 Å². The second-order valence-electron chi connectivity index (χ2n) is 4.14. The molecule has 0 saturated carbocycles. The summed E-state index contributed by atoms with van der Waals surface area (Å²) >= 11 is 0. The summed E-state index contributed by atoms with van der Waals surface area (Å²) in [5.74, 6) is -1.93. The molecule has 1 heterocycles. The van der Waals surface area contributed by atoms with E-state index in [9.17, 15) is 13.6 Å². The van der Waals surface area contributed by atoms with E-state index in [1.54, 1.807) is 6.92 Å². The normalized spacial score (nSPS) is 24.7. The molecular formula is C12H12F2O2. The molecule has 1 aliphatic rings. The zero-order valence-electron chi connectivity index (χ0n) is 8.93. The minimum absolute atomic E-state index is 0.106. The molecule has 2 nitrogen and oxygen atoms in total. The fourth-order valence-electron chi connectivity index (χ4n) is 1.92. The van der Waals surface area contributed by atoms with E-state index in [1.165, 1.54) is 6.07 Å². The summed E-state index contributed by atoms with van der Waals surface area (Å²) in [4.78, 5) is 12.0. The molecule has 86 valence electrons. The maximum atomic E-state index is 13.4. The van der Waals surface area contributed by atoms with Gasteiger partial charge in [0.25, 0.3) is 0 Å². The minimum Gasteiger partial charge on any atom is -0.367 e. The van der Waals surface area contributed by atoms with E-state index in [2.05, 4.69) is 0 Å². The Labute approximate surface area is 92.2 Å². The molecule has 0 N–H and O–H groups in total. The Morgan fingerprint density at radius 1 is 1.44 bits per heavy atom. The lowest BCUT2D eigenvalue weighted by molar-refractivity contribution is 0.0210. The third-order valence-corrected chi connectivity index (χ3v) is 2.87. The van der Waals surface area contributed by atoms with Gasteiger partial charge in [-0.2, -0.15) is 0 Å². The third kappa shape index (κ3) is 1.85. The van der Waals surface area contributed by atoms with E-state index in [1.807, 2.05) is 0 Å². The number of hydrogen-bond acceptors (Lipinski definition) is 2. The average molecular weight is 226 g/mol. The van der Waals surface area contributed by atoms with Crippen molar-refractivity contribution in [2.24, 2.45) is 0 Å². The Bertz CT molecular complexity index is 423. The first-order valence-electron chi connectivity index (χ1n) is 5.17. The Morgan fingerprint density at radius 2 is 2.19 bits per heavy atom. The van der Waals surface area contributed by atoms with Crippen LogP contribution >= 0.6 is 0 Å². The second kappa shape index (κ2) is 3.94. The van der Waals surface area contributed by atoms with Crippen LogP contribution in [0.15, 0.2) is 18.2 Å². The summed E-state index contributed by atoms with van der Waals surface area (Å²) in [6.45, 7) is 2.15. The van der Waals surface area contributed by atoms with Gasteiger partial charge >= 0.3 is 0 Å². The SMILES string of the molecule is CC1(C(=O)c2ccc(F)cc2F)CCCO1. The van der Waals surface area contributed by atoms with Gasteiger partial charge in [-0.25, -0.2) is 8.78 Å². The van der Waals surface area contributed by atoms with Gasteiger partial charge in [0.1, 0.15) is 17.2 Å². The van der Waals surface area contributed by atoms with Crippen molar-refractivity contribution in [2.75, 3.05) is 6.61 Å². The number of ether oxygens (including phenoxy) is 1. The highest BCUT2D eigenvalue weighted by molar-refractivity contribution is 6.02. The molecule has 0 bridgehead atoms. The second-order valence-corrected chi connectivity index (χ2v) is 4.14.